The third-order valence-corrected chi connectivity index (χ3v) is 5.14. The summed E-state index contributed by atoms with van der Waals surface area (Å²) in [5, 5.41) is 0. The second kappa shape index (κ2) is 4.09. The van der Waals surface area contributed by atoms with Gasteiger partial charge in [0.25, 0.3) is 0 Å². The molecule has 0 spiro atoms. The highest BCUT2D eigenvalue weighted by Crippen LogP contribution is 2.42. The maximum atomic E-state index is 6.09. The number of hydrogen-bond donors (Lipinski definition) is 1. The molecule has 2 heterocycles. The fourth-order valence-electron chi connectivity index (χ4n) is 3.78. The van der Waals surface area contributed by atoms with Gasteiger partial charge in [0.2, 0.25) is 0 Å². The largest absolute Gasteiger partial charge is 0.383 e. The molecule has 1 aliphatic heterocycles. The highest BCUT2D eigenvalue weighted by Gasteiger charge is 2.38. The van der Waals surface area contributed by atoms with Crippen molar-refractivity contribution in [2.24, 2.45) is 11.8 Å². The average Bonchev–Trinajstić information content (AvgIpc) is 3.01. The minimum Gasteiger partial charge on any atom is -0.383 e. The second-order valence-electron chi connectivity index (χ2n) is 6.55. The van der Waals surface area contributed by atoms with Gasteiger partial charge in [0.1, 0.15) is 17.5 Å². The number of aromatic nitrogens is 2. The predicted molar refractivity (Wildman–Crippen MR) is 76.2 cm³/mol. The normalized spacial score (nSPS) is 29.8. The van der Waals surface area contributed by atoms with E-state index in [2.05, 4.69) is 16.8 Å². The standard InChI is InChI=1S/C15H22N4/c1-9-13(16)17-14(10-5-6-10)18-15(9)19-7-11-3-2-4-12(11)8-19/h10-12H,2-8H2,1H3,(H2,16,17,18). The number of nitrogens with two attached hydrogens (primary N) is 1. The molecule has 2 unspecified atom stereocenters. The molecular formula is C15H22N4. The molecule has 19 heavy (non-hydrogen) atoms. The first-order valence-corrected chi connectivity index (χ1v) is 7.61. The summed E-state index contributed by atoms with van der Waals surface area (Å²) < 4.78 is 0. The van der Waals surface area contributed by atoms with Crippen LogP contribution in [0.15, 0.2) is 0 Å². The van der Waals surface area contributed by atoms with Crippen LogP contribution in [-0.4, -0.2) is 23.1 Å². The molecule has 1 aromatic heterocycles. The minimum absolute atomic E-state index is 0.573. The van der Waals surface area contributed by atoms with Gasteiger partial charge in [-0.1, -0.05) is 6.42 Å². The summed E-state index contributed by atoms with van der Waals surface area (Å²) in [6.07, 6.45) is 6.67. The topological polar surface area (TPSA) is 55.0 Å². The number of rotatable bonds is 2. The summed E-state index contributed by atoms with van der Waals surface area (Å²) in [6, 6.07) is 0. The Morgan fingerprint density at radius 2 is 1.74 bits per heavy atom. The summed E-state index contributed by atoms with van der Waals surface area (Å²) in [4.78, 5) is 11.8. The molecule has 3 fully saturated rings. The zero-order valence-electron chi connectivity index (χ0n) is 11.6. The molecule has 0 aromatic carbocycles. The third-order valence-electron chi connectivity index (χ3n) is 5.14. The molecule has 102 valence electrons. The maximum absolute atomic E-state index is 6.09. The Morgan fingerprint density at radius 3 is 2.37 bits per heavy atom. The van der Waals surface area contributed by atoms with Gasteiger partial charge in [0.15, 0.2) is 0 Å². The Bertz CT molecular complexity index is 497. The van der Waals surface area contributed by atoms with Crippen LogP contribution in [0.2, 0.25) is 0 Å². The fourth-order valence-corrected chi connectivity index (χ4v) is 3.78. The molecule has 4 rings (SSSR count). The number of fused-ring (bicyclic) bond motifs is 1. The van der Waals surface area contributed by atoms with E-state index in [1.165, 1.54) is 45.2 Å². The van der Waals surface area contributed by atoms with Crippen molar-refractivity contribution in [3.63, 3.8) is 0 Å². The molecule has 2 atom stereocenters. The van der Waals surface area contributed by atoms with E-state index in [-0.39, 0.29) is 0 Å². The first kappa shape index (κ1) is 11.5. The van der Waals surface area contributed by atoms with E-state index in [0.29, 0.717) is 11.7 Å². The molecule has 2 N–H and O–H groups in total. The lowest BCUT2D eigenvalue weighted by Gasteiger charge is -2.21. The van der Waals surface area contributed by atoms with E-state index < -0.39 is 0 Å². The lowest BCUT2D eigenvalue weighted by Crippen LogP contribution is -2.24. The van der Waals surface area contributed by atoms with Crippen LogP contribution in [0.4, 0.5) is 11.6 Å². The van der Waals surface area contributed by atoms with Gasteiger partial charge < -0.3 is 10.6 Å². The van der Waals surface area contributed by atoms with Crippen molar-refractivity contribution in [3.8, 4) is 0 Å². The van der Waals surface area contributed by atoms with E-state index >= 15 is 0 Å². The zero-order valence-corrected chi connectivity index (χ0v) is 11.6. The molecule has 4 heteroatoms. The van der Waals surface area contributed by atoms with Gasteiger partial charge in [-0.3, -0.25) is 0 Å². The van der Waals surface area contributed by atoms with Crippen LogP contribution < -0.4 is 10.6 Å². The fraction of sp³-hybridized carbons (Fsp3) is 0.733. The molecule has 2 aliphatic carbocycles. The van der Waals surface area contributed by atoms with Gasteiger partial charge in [-0.15, -0.1) is 0 Å². The monoisotopic (exact) mass is 258 g/mol. The first-order chi connectivity index (χ1) is 9.22. The van der Waals surface area contributed by atoms with Gasteiger partial charge in [-0.2, -0.15) is 0 Å². The number of anilines is 2. The summed E-state index contributed by atoms with van der Waals surface area (Å²) in [7, 11) is 0. The van der Waals surface area contributed by atoms with Crippen LogP contribution in [0.3, 0.4) is 0 Å². The summed E-state index contributed by atoms with van der Waals surface area (Å²) >= 11 is 0. The lowest BCUT2D eigenvalue weighted by molar-refractivity contribution is 0.494. The molecule has 0 bridgehead atoms. The van der Waals surface area contributed by atoms with E-state index in [1.807, 2.05) is 0 Å². The van der Waals surface area contributed by atoms with Gasteiger partial charge in [-0.25, -0.2) is 9.97 Å². The minimum atomic E-state index is 0.573. The van der Waals surface area contributed by atoms with Crippen LogP contribution in [0.25, 0.3) is 0 Å². The number of nitrogen functional groups attached to an aromatic ring is 1. The number of nitrogens with zero attached hydrogens (tertiary/aromatic N) is 3. The molecule has 2 saturated carbocycles. The van der Waals surface area contributed by atoms with Gasteiger partial charge in [-0.05, 0) is 44.4 Å². The van der Waals surface area contributed by atoms with E-state index in [9.17, 15) is 0 Å². The zero-order chi connectivity index (χ0) is 13.0. The van der Waals surface area contributed by atoms with Crippen LogP contribution in [-0.2, 0) is 0 Å². The lowest BCUT2D eigenvalue weighted by atomic mass is 10.0. The van der Waals surface area contributed by atoms with Crippen molar-refractivity contribution in [2.45, 2.75) is 44.9 Å². The number of hydrogen-bond acceptors (Lipinski definition) is 4. The highest BCUT2D eigenvalue weighted by molar-refractivity contribution is 5.57. The SMILES string of the molecule is Cc1c(N)nc(C2CC2)nc1N1CC2CCCC2C1. The molecule has 0 radical (unpaired) electrons. The Kier molecular flexibility index (Phi) is 2.47. The maximum Gasteiger partial charge on any atom is 0.137 e. The second-order valence-corrected chi connectivity index (χ2v) is 6.55. The molecule has 4 nitrogen and oxygen atoms in total. The highest BCUT2D eigenvalue weighted by atomic mass is 15.2. The molecular weight excluding hydrogens is 236 g/mol. The van der Waals surface area contributed by atoms with Crippen molar-refractivity contribution >= 4 is 11.6 Å². The van der Waals surface area contributed by atoms with Crippen LogP contribution in [0, 0.1) is 18.8 Å². The van der Waals surface area contributed by atoms with Crippen molar-refractivity contribution in [2.75, 3.05) is 23.7 Å². The molecule has 1 aromatic rings. The van der Waals surface area contributed by atoms with Crippen LogP contribution in [0.5, 0.6) is 0 Å². The van der Waals surface area contributed by atoms with Gasteiger partial charge in [0, 0.05) is 24.6 Å². The van der Waals surface area contributed by atoms with Crippen molar-refractivity contribution in [1.82, 2.24) is 9.97 Å². The van der Waals surface area contributed by atoms with Crippen molar-refractivity contribution in [3.05, 3.63) is 11.4 Å². The smallest absolute Gasteiger partial charge is 0.137 e. The predicted octanol–water partition coefficient (Wildman–Crippen LogP) is 2.48. The molecule has 1 saturated heterocycles. The Morgan fingerprint density at radius 1 is 1.05 bits per heavy atom. The van der Waals surface area contributed by atoms with Gasteiger partial charge >= 0.3 is 0 Å². The van der Waals surface area contributed by atoms with Crippen molar-refractivity contribution in [1.29, 1.82) is 0 Å². The summed E-state index contributed by atoms with van der Waals surface area (Å²) in [5.74, 6) is 5.13. The molecule has 0 amide bonds. The average molecular weight is 258 g/mol. The van der Waals surface area contributed by atoms with Crippen LogP contribution in [0.1, 0.15) is 49.4 Å². The molecule has 3 aliphatic rings. The Balaban J connectivity index is 1.66. The van der Waals surface area contributed by atoms with Crippen LogP contribution >= 0.6 is 0 Å². The third kappa shape index (κ3) is 1.88. The Labute approximate surface area is 114 Å². The Hall–Kier alpha value is -1.32. The summed E-state index contributed by atoms with van der Waals surface area (Å²) in [5.41, 5.74) is 7.17. The quantitative estimate of drug-likeness (QED) is 0.885. The van der Waals surface area contributed by atoms with Gasteiger partial charge in [0.05, 0.1) is 0 Å². The van der Waals surface area contributed by atoms with E-state index in [4.69, 9.17) is 10.7 Å². The summed E-state index contributed by atoms with van der Waals surface area (Å²) in [6.45, 7) is 4.41. The van der Waals surface area contributed by atoms with Crippen molar-refractivity contribution < 1.29 is 0 Å². The van der Waals surface area contributed by atoms with E-state index in [1.54, 1.807) is 0 Å². The van der Waals surface area contributed by atoms with E-state index in [0.717, 1.165) is 29.0 Å². The first-order valence-electron chi connectivity index (χ1n) is 7.61.